The Hall–Kier alpha value is -2.48. The van der Waals surface area contributed by atoms with Crippen LogP contribution < -0.4 is 5.32 Å². The third kappa shape index (κ3) is 4.86. The van der Waals surface area contributed by atoms with Crippen molar-refractivity contribution in [1.29, 1.82) is 0 Å². The lowest BCUT2D eigenvalue weighted by molar-refractivity contribution is -0.149. The molecule has 8 heteroatoms. The molecule has 0 aliphatic carbocycles. The number of halogens is 1. The van der Waals surface area contributed by atoms with Crippen molar-refractivity contribution >= 4 is 17.8 Å². The number of nitrogens with one attached hydrogen (secondary N) is 1. The van der Waals surface area contributed by atoms with Crippen molar-refractivity contribution in [3.05, 3.63) is 35.6 Å². The lowest BCUT2D eigenvalue weighted by Crippen LogP contribution is -2.56. The minimum Gasteiger partial charge on any atom is -0.469 e. The molecule has 0 spiro atoms. The van der Waals surface area contributed by atoms with Gasteiger partial charge in [0, 0.05) is 32.7 Å². The van der Waals surface area contributed by atoms with Crippen molar-refractivity contribution in [3.63, 3.8) is 0 Å². The third-order valence-electron chi connectivity index (χ3n) is 5.49. The van der Waals surface area contributed by atoms with E-state index >= 15 is 0 Å². The van der Waals surface area contributed by atoms with E-state index in [1.165, 1.54) is 19.2 Å². The first-order valence-electron chi connectivity index (χ1n) is 9.59. The van der Waals surface area contributed by atoms with E-state index in [2.05, 4.69) is 5.32 Å². The molecule has 3 rings (SSSR count). The van der Waals surface area contributed by atoms with Crippen molar-refractivity contribution in [2.75, 3.05) is 33.3 Å². The predicted molar refractivity (Wildman–Crippen MR) is 99.5 cm³/mol. The Kier molecular flexibility index (Phi) is 6.61. The lowest BCUT2D eigenvalue weighted by atomic mass is 9.96. The Balaban J connectivity index is 1.59. The largest absolute Gasteiger partial charge is 0.469 e. The van der Waals surface area contributed by atoms with Crippen LogP contribution >= 0.6 is 0 Å². The second-order valence-electron chi connectivity index (χ2n) is 7.29. The van der Waals surface area contributed by atoms with Gasteiger partial charge in [-0.05, 0) is 30.5 Å². The number of rotatable bonds is 5. The normalized spacial score (nSPS) is 21.3. The summed E-state index contributed by atoms with van der Waals surface area (Å²) in [5.74, 6) is -0.950. The number of nitrogens with zero attached hydrogens (tertiary/aromatic N) is 2. The second-order valence-corrected chi connectivity index (χ2v) is 7.29. The Labute approximate surface area is 163 Å². The van der Waals surface area contributed by atoms with Gasteiger partial charge in [0.2, 0.25) is 11.8 Å². The predicted octanol–water partition coefficient (Wildman–Crippen LogP) is 0.928. The summed E-state index contributed by atoms with van der Waals surface area (Å²) in [6.45, 7) is 2.62. The minimum absolute atomic E-state index is 0.0885. The monoisotopic (exact) mass is 391 g/mol. The third-order valence-corrected chi connectivity index (χ3v) is 5.49. The Morgan fingerprint density at radius 3 is 2.50 bits per heavy atom. The van der Waals surface area contributed by atoms with Crippen LogP contribution in [0, 0.1) is 11.7 Å². The highest BCUT2D eigenvalue weighted by Crippen LogP contribution is 2.21. The summed E-state index contributed by atoms with van der Waals surface area (Å²) in [7, 11) is 1.37. The molecule has 0 bridgehead atoms. The first-order chi connectivity index (χ1) is 13.5. The van der Waals surface area contributed by atoms with Crippen LogP contribution in [-0.4, -0.2) is 66.9 Å². The van der Waals surface area contributed by atoms with Gasteiger partial charge in [0.1, 0.15) is 5.82 Å². The summed E-state index contributed by atoms with van der Waals surface area (Å²) >= 11 is 0. The molecule has 2 amide bonds. The van der Waals surface area contributed by atoms with Crippen LogP contribution in [0.5, 0.6) is 0 Å². The molecule has 152 valence electrons. The zero-order valence-electron chi connectivity index (χ0n) is 16.0. The summed E-state index contributed by atoms with van der Waals surface area (Å²) in [5.41, 5.74) is 0.896. The van der Waals surface area contributed by atoms with Gasteiger partial charge in [-0.15, -0.1) is 0 Å². The molecule has 2 aliphatic rings. The van der Waals surface area contributed by atoms with Crippen LogP contribution in [0.25, 0.3) is 0 Å². The van der Waals surface area contributed by atoms with E-state index in [0.29, 0.717) is 45.6 Å². The van der Waals surface area contributed by atoms with Gasteiger partial charge in [-0.25, -0.2) is 4.39 Å². The maximum Gasteiger partial charge on any atom is 0.308 e. The molecule has 0 aromatic heterocycles. The SMILES string of the molecule is COC(=O)C1CCN(C(=O)CC2C(=O)NCCN2Cc2ccc(F)cc2)CC1. The number of hydrogen-bond acceptors (Lipinski definition) is 5. The van der Waals surface area contributed by atoms with Gasteiger partial charge in [-0.3, -0.25) is 19.3 Å². The van der Waals surface area contributed by atoms with Gasteiger partial charge in [0.15, 0.2) is 0 Å². The minimum atomic E-state index is -0.551. The highest BCUT2D eigenvalue weighted by atomic mass is 19.1. The standard InChI is InChI=1S/C20H26FN3O4/c1-28-20(27)15-6-9-23(10-7-15)18(25)12-17-19(26)22-8-11-24(17)13-14-2-4-16(21)5-3-14/h2-5,15,17H,6-13H2,1H3,(H,22,26). The van der Waals surface area contributed by atoms with E-state index in [4.69, 9.17) is 4.74 Å². The molecule has 1 atom stereocenters. The number of benzene rings is 1. The van der Waals surface area contributed by atoms with E-state index in [1.54, 1.807) is 17.0 Å². The second kappa shape index (κ2) is 9.14. The fraction of sp³-hybridized carbons (Fsp3) is 0.550. The maximum atomic E-state index is 13.1. The van der Waals surface area contributed by atoms with Gasteiger partial charge in [-0.2, -0.15) is 0 Å². The number of carbonyl (C=O) groups excluding carboxylic acids is 3. The molecular weight excluding hydrogens is 365 g/mol. The topological polar surface area (TPSA) is 78.9 Å². The first kappa shape index (κ1) is 20.3. The first-order valence-corrected chi connectivity index (χ1v) is 9.59. The van der Waals surface area contributed by atoms with Crippen molar-refractivity contribution in [2.24, 2.45) is 5.92 Å². The molecule has 1 N–H and O–H groups in total. The van der Waals surface area contributed by atoms with E-state index in [1.807, 2.05) is 4.90 Å². The van der Waals surface area contributed by atoms with Crippen LogP contribution in [-0.2, 0) is 25.7 Å². The van der Waals surface area contributed by atoms with Gasteiger partial charge >= 0.3 is 5.97 Å². The van der Waals surface area contributed by atoms with Gasteiger partial charge in [0.05, 0.1) is 25.5 Å². The number of esters is 1. The number of hydrogen-bond donors (Lipinski definition) is 1. The Bertz CT molecular complexity index is 717. The molecular formula is C20H26FN3O4. The van der Waals surface area contributed by atoms with Crippen LogP contribution in [0.4, 0.5) is 4.39 Å². The van der Waals surface area contributed by atoms with E-state index < -0.39 is 6.04 Å². The summed E-state index contributed by atoms with van der Waals surface area (Å²) in [6, 6.07) is 5.62. The molecule has 7 nitrogen and oxygen atoms in total. The maximum absolute atomic E-state index is 13.1. The highest BCUT2D eigenvalue weighted by molar-refractivity contribution is 5.89. The summed E-state index contributed by atoms with van der Waals surface area (Å²) in [5, 5.41) is 2.82. The summed E-state index contributed by atoms with van der Waals surface area (Å²) in [6.07, 6.45) is 1.25. The average molecular weight is 391 g/mol. The molecule has 0 saturated carbocycles. The van der Waals surface area contributed by atoms with E-state index in [0.717, 1.165) is 5.56 Å². The molecule has 28 heavy (non-hydrogen) atoms. The zero-order chi connectivity index (χ0) is 20.1. The molecule has 2 heterocycles. The van der Waals surface area contributed by atoms with Crippen LogP contribution in [0.1, 0.15) is 24.8 Å². The summed E-state index contributed by atoms with van der Waals surface area (Å²) in [4.78, 5) is 40.5. The van der Waals surface area contributed by atoms with Crippen LogP contribution in [0.15, 0.2) is 24.3 Å². The van der Waals surface area contributed by atoms with Gasteiger partial charge in [-0.1, -0.05) is 12.1 Å². The number of piperidine rings is 1. The molecule has 1 unspecified atom stereocenters. The van der Waals surface area contributed by atoms with E-state index in [-0.39, 0.29) is 35.9 Å². The summed E-state index contributed by atoms with van der Waals surface area (Å²) < 4.78 is 17.9. The van der Waals surface area contributed by atoms with E-state index in [9.17, 15) is 18.8 Å². The molecule has 2 fully saturated rings. The van der Waals surface area contributed by atoms with Crippen molar-refractivity contribution in [2.45, 2.75) is 31.8 Å². The van der Waals surface area contributed by atoms with Crippen molar-refractivity contribution in [1.82, 2.24) is 15.1 Å². The number of piperazine rings is 1. The number of likely N-dealkylation sites (tertiary alicyclic amines) is 1. The fourth-order valence-corrected chi connectivity index (χ4v) is 3.82. The zero-order valence-corrected chi connectivity index (χ0v) is 16.0. The quantitative estimate of drug-likeness (QED) is 0.756. The Morgan fingerprint density at radius 2 is 1.86 bits per heavy atom. The number of carbonyl (C=O) groups is 3. The number of amides is 2. The fourth-order valence-electron chi connectivity index (χ4n) is 3.82. The van der Waals surface area contributed by atoms with Gasteiger partial charge in [0.25, 0.3) is 0 Å². The van der Waals surface area contributed by atoms with Crippen LogP contribution in [0.2, 0.25) is 0 Å². The Morgan fingerprint density at radius 1 is 1.18 bits per heavy atom. The smallest absolute Gasteiger partial charge is 0.308 e. The lowest BCUT2D eigenvalue weighted by Gasteiger charge is -2.37. The van der Waals surface area contributed by atoms with Crippen molar-refractivity contribution < 1.29 is 23.5 Å². The highest BCUT2D eigenvalue weighted by Gasteiger charge is 2.34. The number of methoxy groups -OCH3 is 1. The van der Waals surface area contributed by atoms with Gasteiger partial charge < -0.3 is 15.0 Å². The molecule has 2 aliphatic heterocycles. The van der Waals surface area contributed by atoms with Crippen molar-refractivity contribution in [3.8, 4) is 0 Å². The number of ether oxygens (including phenoxy) is 1. The van der Waals surface area contributed by atoms with Crippen LogP contribution in [0.3, 0.4) is 0 Å². The molecule has 2 saturated heterocycles. The molecule has 1 aromatic carbocycles. The molecule has 0 radical (unpaired) electrons. The molecule has 1 aromatic rings. The average Bonchev–Trinajstić information content (AvgIpc) is 2.71.